The third kappa shape index (κ3) is 3.66. The highest BCUT2D eigenvalue weighted by molar-refractivity contribution is 5.92. The van der Waals surface area contributed by atoms with Gasteiger partial charge in [-0.25, -0.2) is 4.39 Å². The van der Waals surface area contributed by atoms with Gasteiger partial charge in [0.05, 0.1) is 17.4 Å². The van der Waals surface area contributed by atoms with E-state index in [4.69, 9.17) is 0 Å². The molecule has 1 aromatic heterocycles. The van der Waals surface area contributed by atoms with Crippen LogP contribution in [0.15, 0.2) is 30.6 Å². The predicted molar refractivity (Wildman–Crippen MR) is 77.8 cm³/mol. The Morgan fingerprint density at radius 2 is 2.27 bits per heavy atom. The van der Waals surface area contributed by atoms with Gasteiger partial charge in [-0.15, -0.1) is 0 Å². The zero-order valence-corrected chi connectivity index (χ0v) is 12.1. The largest absolute Gasteiger partial charge is 0.325 e. The molecule has 0 fully saturated rings. The molecule has 8 heteroatoms. The van der Waals surface area contributed by atoms with Crippen LogP contribution in [0.5, 0.6) is 0 Å². The number of nitrogens with zero attached hydrogens (tertiary/aromatic N) is 3. The molecule has 0 aliphatic rings. The summed E-state index contributed by atoms with van der Waals surface area (Å²) in [4.78, 5) is 22.1. The van der Waals surface area contributed by atoms with E-state index >= 15 is 0 Å². The Hall–Kier alpha value is -2.77. The van der Waals surface area contributed by atoms with Crippen molar-refractivity contribution in [1.82, 2.24) is 9.78 Å². The van der Waals surface area contributed by atoms with Crippen LogP contribution in [-0.2, 0) is 11.3 Å². The van der Waals surface area contributed by atoms with Crippen molar-refractivity contribution in [3.63, 3.8) is 0 Å². The van der Waals surface area contributed by atoms with Crippen LogP contribution in [0.25, 0.3) is 0 Å². The molecule has 0 spiro atoms. The van der Waals surface area contributed by atoms with Gasteiger partial charge in [-0.05, 0) is 24.6 Å². The summed E-state index contributed by atoms with van der Waals surface area (Å²) in [6.45, 7) is 3.61. The predicted octanol–water partition coefficient (Wildman–Crippen LogP) is 2.51. The number of benzene rings is 1. The Kier molecular flexibility index (Phi) is 4.50. The minimum absolute atomic E-state index is 0.131. The third-order valence-electron chi connectivity index (χ3n) is 3.20. The van der Waals surface area contributed by atoms with Crippen molar-refractivity contribution < 1.29 is 14.1 Å². The van der Waals surface area contributed by atoms with Gasteiger partial charge in [-0.1, -0.05) is 13.0 Å². The summed E-state index contributed by atoms with van der Waals surface area (Å²) in [7, 11) is 0. The molecule has 0 unspecified atom stereocenters. The van der Waals surface area contributed by atoms with E-state index in [2.05, 4.69) is 10.4 Å². The summed E-state index contributed by atoms with van der Waals surface area (Å²) in [5, 5.41) is 17.1. The normalized spacial score (nSPS) is 12.0. The zero-order valence-electron chi connectivity index (χ0n) is 12.1. The molecule has 0 saturated carbocycles. The van der Waals surface area contributed by atoms with Crippen LogP contribution in [-0.4, -0.2) is 20.6 Å². The molecule has 2 rings (SSSR count). The smallest absolute Gasteiger partial charge is 0.306 e. The number of nitro groups is 1. The van der Waals surface area contributed by atoms with E-state index < -0.39 is 16.7 Å². The molecule has 1 N–H and O–H groups in total. The summed E-state index contributed by atoms with van der Waals surface area (Å²) in [5.74, 6) is -1.23. The fourth-order valence-corrected chi connectivity index (χ4v) is 1.90. The molecule has 0 bridgehead atoms. The minimum Gasteiger partial charge on any atom is -0.325 e. The quantitative estimate of drug-likeness (QED) is 0.679. The van der Waals surface area contributed by atoms with Crippen molar-refractivity contribution in [2.75, 3.05) is 5.32 Å². The van der Waals surface area contributed by atoms with Gasteiger partial charge in [0, 0.05) is 5.69 Å². The van der Waals surface area contributed by atoms with Crippen LogP contribution in [0.4, 0.5) is 15.8 Å². The SMILES string of the molecule is Cc1ccc(F)cc1NC(=O)[C@@H](C)Cn1cc([N+](=O)[O-])cn1. The molecule has 22 heavy (non-hydrogen) atoms. The van der Waals surface area contributed by atoms with Crippen molar-refractivity contribution in [3.05, 3.63) is 52.1 Å². The Morgan fingerprint density at radius 3 is 2.91 bits per heavy atom. The van der Waals surface area contributed by atoms with Gasteiger partial charge < -0.3 is 5.32 Å². The van der Waals surface area contributed by atoms with E-state index in [1.165, 1.54) is 23.0 Å². The Bertz CT molecular complexity index is 714. The van der Waals surface area contributed by atoms with Crippen molar-refractivity contribution in [1.29, 1.82) is 0 Å². The van der Waals surface area contributed by atoms with Gasteiger partial charge in [-0.2, -0.15) is 5.10 Å². The second-order valence-electron chi connectivity index (χ2n) is 5.03. The number of hydrogen-bond donors (Lipinski definition) is 1. The van der Waals surface area contributed by atoms with Crippen molar-refractivity contribution in [3.8, 4) is 0 Å². The molecule has 0 radical (unpaired) electrons. The lowest BCUT2D eigenvalue weighted by molar-refractivity contribution is -0.385. The van der Waals surface area contributed by atoms with E-state index in [0.29, 0.717) is 5.69 Å². The second-order valence-corrected chi connectivity index (χ2v) is 5.03. The average molecular weight is 306 g/mol. The highest BCUT2D eigenvalue weighted by Crippen LogP contribution is 2.17. The first kappa shape index (κ1) is 15.6. The second kappa shape index (κ2) is 6.33. The monoisotopic (exact) mass is 306 g/mol. The number of hydrogen-bond acceptors (Lipinski definition) is 4. The first-order chi connectivity index (χ1) is 10.4. The minimum atomic E-state index is -0.551. The molecule has 7 nitrogen and oxygen atoms in total. The summed E-state index contributed by atoms with van der Waals surface area (Å²) >= 11 is 0. The highest BCUT2D eigenvalue weighted by atomic mass is 19.1. The van der Waals surface area contributed by atoms with Crippen LogP contribution in [0.3, 0.4) is 0 Å². The standard InChI is InChI=1S/C14H15FN4O3/c1-9-3-4-11(15)5-13(9)17-14(20)10(2)7-18-8-12(6-16-18)19(21)22/h3-6,8,10H,7H2,1-2H3,(H,17,20)/t10-/m0/s1. The van der Waals surface area contributed by atoms with Crippen molar-refractivity contribution in [2.45, 2.75) is 20.4 Å². The van der Waals surface area contributed by atoms with E-state index in [0.717, 1.165) is 11.8 Å². The maximum atomic E-state index is 13.2. The first-order valence-electron chi connectivity index (χ1n) is 6.60. The molecule has 0 saturated heterocycles. The number of nitrogens with one attached hydrogen (secondary N) is 1. The summed E-state index contributed by atoms with van der Waals surface area (Å²) in [6, 6.07) is 4.14. The van der Waals surface area contributed by atoms with Crippen LogP contribution < -0.4 is 5.32 Å². The topological polar surface area (TPSA) is 90.1 Å². The van der Waals surface area contributed by atoms with Gasteiger partial charge in [0.25, 0.3) is 0 Å². The molecule has 0 aliphatic carbocycles. The average Bonchev–Trinajstić information content (AvgIpc) is 2.91. The Morgan fingerprint density at radius 1 is 1.55 bits per heavy atom. The van der Waals surface area contributed by atoms with Gasteiger partial charge in [0.15, 0.2) is 0 Å². The molecule has 116 valence electrons. The molecule has 1 aromatic carbocycles. The fraction of sp³-hybridized carbons (Fsp3) is 0.286. The molecular weight excluding hydrogens is 291 g/mol. The number of anilines is 1. The number of amides is 1. The Labute approximate surface area is 125 Å². The number of halogens is 1. The zero-order chi connectivity index (χ0) is 16.3. The van der Waals surface area contributed by atoms with E-state index in [1.807, 2.05) is 0 Å². The van der Waals surface area contributed by atoms with Crippen LogP contribution >= 0.6 is 0 Å². The van der Waals surface area contributed by atoms with Crippen LogP contribution in [0, 0.1) is 28.8 Å². The van der Waals surface area contributed by atoms with Gasteiger partial charge >= 0.3 is 5.69 Å². The van der Waals surface area contributed by atoms with Gasteiger partial charge in [0.2, 0.25) is 5.91 Å². The molecule has 1 atom stereocenters. The van der Waals surface area contributed by atoms with E-state index in [-0.39, 0.29) is 18.1 Å². The number of aryl methyl sites for hydroxylation is 1. The highest BCUT2D eigenvalue weighted by Gasteiger charge is 2.17. The maximum absolute atomic E-state index is 13.2. The first-order valence-corrected chi connectivity index (χ1v) is 6.60. The maximum Gasteiger partial charge on any atom is 0.306 e. The third-order valence-corrected chi connectivity index (χ3v) is 3.20. The lowest BCUT2D eigenvalue weighted by atomic mass is 10.1. The molecule has 2 aromatic rings. The summed E-state index contributed by atoms with van der Waals surface area (Å²) in [6.07, 6.45) is 2.39. The van der Waals surface area contributed by atoms with E-state index in [9.17, 15) is 19.3 Å². The van der Waals surface area contributed by atoms with Crippen LogP contribution in [0.2, 0.25) is 0 Å². The summed E-state index contributed by atoms with van der Waals surface area (Å²) < 4.78 is 14.5. The van der Waals surface area contributed by atoms with Crippen LogP contribution in [0.1, 0.15) is 12.5 Å². The van der Waals surface area contributed by atoms with Gasteiger partial charge in [0.1, 0.15) is 18.2 Å². The number of aromatic nitrogens is 2. The molecule has 1 amide bonds. The number of carbonyl (C=O) groups is 1. The van der Waals surface area contributed by atoms with Gasteiger partial charge in [-0.3, -0.25) is 19.6 Å². The molecular formula is C14H15FN4O3. The molecule has 1 heterocycles. The fourth-order valence-electron chi connectivity index (χ4n) is 1.90. The number of carbonyl (C=O) groups excluding carboxylic acids is 1. The lowest BCUT2D eigenvalue weighted by Crippen LogP contribution is -2.25. The van der Waals surface area contributed by atoms with Crippen molar-refractivity contribution >= 4 is 17.3 Å². The van der Waals surface area contributed by atoms with E-state index in [1.54, 1.807) is 19.9 Å². The summed E-state index contributed by atoms with van der Waals surface area (Å²) in [5.41, 5.74) is 1.02. The van der Waals surface area contributed by atoms with Crippen molar-refractivity contribution in [2.24, 2.45) is 5.92 Å². The Balaban J connectivity index is 2.02. The molecule has 0 aliphatic heterocycles. The lowest BCUT2D eigenvalue weighted by Gasteiger charge is -2.13. The number of rotatable bonds is 5.